The molecule has 1 aliphatic carbocycles. The summed E-state index contributed by atoms with van der Waals surface area (Å²) in [6.07, 6.45) is 13.5. The number of pyridine rings is 1. The Balaban J connectivity index is 1.74. The summed E-state index contributed by atoms with van der Waals surface area (Å²) >= 11 is 7.93. The van der Waals surface area contributed by atoms with Gasteiger partial charge < -0.3 is 4.90 Å². The van der Waals surface area contributed by atoms with Gasteiger partial charge in [-0.1, -0.05) is 53.7 Å². The molecule has 3 nitrogen and oxygen atoms in total. The fourth-order valence-electron chi connectivity index (χ4n) is 3.40. The fourth-order valence-corrected chi connectivity index (χ4v) is 4.40. The standard InChI is InChI=1S/C21H20ClN3S/c22-18-6-8-19(9-7-18)25(20-24-13-14-26-20)16-21(10-2-1-3-11-21)17-5-4-12-23-15-17/h1-10,12,15H,11,13-14,16H2. The Morgan fingerprint density at radius 2 is 2.04 bits per heavy atom. The van der Waals surface area contributed by atoms with Crippen molar-refractivity contribution in [1.29, 1.82) is 0 Å². The second-order valence-corrected chi connectivity index (χ2v) is 7.96. The lowest BCUT2D eigenvalue weighted by atomic mass is 9.75. The van der Waals surface area contributed by atoms with Crippen LogP contribution in [0.1, 0.15) is 12.0 Å². The third-order valence-corrected chi connectivity index (χ3v) is 6.01. The van der Waals surface area contributed by atoms with E-state index in [1.54, 1.807) is 0 Å². The van der Waals surface area contributed by atoms with Crippen molar-refractivity contribution in [2.45, 2.75) is 11.8 Å². The van der Waals surface area contributed by atoms with Crippen LogP contribution >= 0.6 is 23.4 Å². The summed E-state index contributed by atoms with van der Waals surface area (Å²) in [6.45, 7) is 1.69. The maximum Gasteiger partial charge on any atom is 0.163 e. The molecule has 1 aliphatic heterocycles. The minimum atomic E-state index is -0.131. The summed E-state index contributed by atoms with van der Waals surface area (Å²) in [5, 5.41) is 1.83. The highest BCUT2D eigenvalue weighted by atomic mass is 35.5. The Morgan fingerprint density at radius 3 is 2.69 bits per heavy atom. The van der Waals surface area contributed by atoms with Gasteiger partial charge in [0.15, 0.2) is 5.17 Å². The molecule has 0 fully saturated rings. The molecule has 1 atom stereocenters. The van der Waals surface area contributed by atoms with E-state index in [1.807, 2.05) is 42.4 Å². The first-order valence-electron chi connectivity index (χ1n) is 8.72. The molecule has 2 heterocycles. The number of hydrogen-bond acceptors (Lipinski definition) is 4. The molecule has 0 radical (unpaired) electrons. The zero-order valence-corrected chi connectivity index (χ0v) is 16.0. The van der Waals surface area contributed by atoms with E-state index in [-0.39, 0.29) is 5.41 Å². The maximum atomic E-state index is 6.11. The van der Waals surface area contributed by atoms with Crippen molar-refractivity contribution in [3.8, 4) is 0 Å². The molecule has 0 amide bonds. The maximum absolute atomic E-state index is 6.11. The number of benzene rings is 1. The van der Waals surface area contributed by atoms with Gasteiger partial charge in [-0.05, 0) is 42.3 Å². The number of halogens is 1. The van der Waals surface area contributed by atoms with Crippen LogP contribution in [0.5, 0.6) is 0 Å². The molecule has 1 aromatic carbocycles. The van der Waals surface area contributed by atoms with Crippen LogP contribution in [0.25, 0.3) is 0 Å². The number of allylic oxidation sites excluding steroid dienone is 3. The smallest absolute Gasteiger partial charge is 0.163 e. The monoisotopic (exact) mass is 381 g/mol. The average molecular weight is 382 g/mol. The molecule has 132 valence electrons. The molecule has 26 heavy (non-hydrogen) atoms. The third kappa shape index (κ3) is 3.57. The SMILES string of the molecule is Clc1ccc(N(CC2(c3cccnc3)C=CC=CC2)C2=NCCS2)cc1. The predicted octanol–water partition coefficient (Wildman–Crippen LogP) is 5.10. The number of thioether (sulfide) groups is 1. The molecular weight excluding hydrogens is 362 g/mol. The van der Waals surface area contributed by atoms with E-state index < -0.39 is 0 Å². The molecule has 1 unspecified atom stereocenters. The van der Waals surface area contributed by atoms with Crippen molar-refractivity contribution in [2.24, 2.45) is 4.99 Å². The second-order valence-electron chi connectivity index (χ2n) is 6.46. The molecule has 0 saturated heterocycles. The molecule has 0 saturated carbocycles. The fraction of sp³-hybridized carbons (Fsp3) is 0.238. The van der Waals surface area contributed by atoms with E-state index in [2.05, 4.69) is 52.4 Å². The van der Waals surface area contributed by atoms with Gasteiger partial charge in [-0.3, -0.25) is 9.98 Å². The number of nitrogens with zero attached hydrogens (tertiary/aromatic N) is 3. The van der Waals surface area contributed by atoms with E-state index >= 15 is 0 Å². The Labute approximate surface area is 163 Å². The van der Waals surface area contributed by atoms with Crippen LogP contribution in [0.3, 0.4) is 0 Å². The molecule has 0 bridgehead atoms. The first-order valence-corrected chi connectivity index (χ1v) is 10.1. The largest absolute Gasteiger partial charge is 0.320 e. The summed E-state index contributed by atoms with van der Waals surface area (Å²) in [6, 6.07) is 12.2. The van der Waals surface area contributed by atoms with Crippen LogP contribution in [-0.2, 0) is 5.41 Å². The minimum absolute atomic E-state index is 0.131. The Bertz CT molecular complexity index is 845. The highest BCUT2D eigenvalue weighted by Gasteiger charge is 2.34. The van der Waals surface area contributed by atoms with Gasteiger partial charge in [0.1, 0.15) is 0 Å². The van der Waals surface area contributed by atoms with E-state index in [0.717, 1.165) is 41.1 Å². The highest BCUT2D eigenvalue weighted by molar-refractivity contribution is 8.14. The zero-order valence-electron chi connectivity index (χ0n) is 14.4. The van der Waals surface area contributed by atoms with E-state index in [1.165, 1.54) is 5.56 Å². The third-order valence-electron chi connectivity index (χ3n) is 4.76. The summed E-state index contributed by atoms with van der Waals surface area (Å²) in [5.74, 6) is 1.04. The van der Waals surface area contributed by atoms with E-state index in [9.17, 15) is 0 Å². The van der Waals surface area contributed by atoms with Gasteiger partial charge in [0.05, 0.1) is 6.54 Å². The van der Waals surface area contributed by atoms with Crippen molar-refractivity contribution in [3.63, 3.8) is 0 Å². The van der Waals surface area contributed by atoms with Crippen molar-refractivity contribution in [2.75, 3.05) is 23.7 Å². The number of hydrogen-bond donors (Lipinski definition) is 0. The van der Waals surface area contributed by atoms with Gasteiger partial charge in [-0.25, -0.2) is 0 Å². The van der Waals surface area contributed by atoms with Crippen molar-refractivity contribution in [1.82, 2.24) is 4.98 Å². The zero-order chi connectivity index (χ0) is 17.8. The summed E-state index contributed by atoms with van der Waals surface area (Å²) in [4.78, 5) is 11.4. The highest BCUT2D eigenvalue weighted by Crippen LogP contribution is 2.36. The molecule has 5 heteroatoms. The van der Waals surface area contributed by atoms with Gasteiger partial charge in [0.25, 0.3) is 0 Å². The number of aliphatic imine (C=N–C) groups is 1. The lowest BCUT2D eigenvalue weighted by Gasteiger charge is -2.38. The molecule has 0 N–H and O–H groups in total. The molecule has 2 aromatic rings. The van der Waals surface area contributed by atoms with E-state index in [4.69, 9.17) is 16.6 Å². The summed E-state index contributed by atoms with van der Waals surface area (Å²) in [5.41, 5.74) is 2.21. The first kappa shape index (κ1) is 17.4. The predicted molar refractivity (Wildman–Crippen MR) is 112 cm³/mol. The Kier molecular flexibility index (Phi) is 5.14. The van der Waals surface area contributed by atoms with Crippen LogP contribution in [0.2, 0.25) is 5.02 Å². The van der Waals surface area contributed by atoms with Crippen LogP contribution in [0.4, 0.5) is 5.69 Å². The van der Waals surface area contributed by atoms with Gasteiger partial charge in [-0.2, -0.15) is 0 Å². The van der Waals surface area contributed by atoms with Gasteiger partial charge in [-0.15, -0.1) is 0 Å². The topological polar surface area (TPSA) is 28.5 Å². The molecular formula is C21H20ClN3S. The van der Waals surface area contributed by atoms with Crippen LogP contribution in [0, 0.1) is 0 Å². The number of rotatable bonds is 4. The Hall–Kier alpha value is -2.04. The van der Waals surface area contributed by atoms with Crippen molar-refractivity contribution < 1.29 is 0 Å². The summed E-state index contributed by atoms with van der Waals surface area (Å²) < 4.78 is 0. The van der Waals surface area contributed by atoms with Crippen LogP contribution in [-0.4, -0.2) is 29.0 Å². The lowest BCUT2D eigenvalue weighted by molar-refractivity contribution is 0.546. The first-order chi connectivity index (χ1) is 12.8. The van der Waals surface area contributed by atoms with Crippen molar-refractivity contribution in [3.05, 3.63) is 83.7 Å². The minimum Gasteiger partial charge on any atom is -0.320 e. The molecule has 1 aromatic heterocycles. The van der Waals surface area contributed by atoms with Gasteiger partial charge >= 0.3 is 0 Å². The molecule has 2 aliphatic rings. The van der Waals surface area contributed by atoms with Gasteiger partial charge in [0, 0.05) is 40.8 Å². The normalized spacial score (nSPS) is 21.7. The lowest BCUT2D eigenvalue weighted by Crippen LogP contribution is -2.42. The number of anilines is 1. The quantitative estimate of drug-likeness (QED) is 0.737. The molecule has 0 spiro atoms. The average Bonchev–Trinajstić information content (AvgIpc) is 3.23. The van der Waals surface area contributed by atoms with E-state index in [0.29, 0.717) is 0 Å². The van der Waals surface area contributed by atoms with Crippen LogP contribution < -0.4 is 4.90 Å². The Morgan fingerprint density at radius 1 is 1.15 bits per heavy atom. The number of aromatic nitrogens is 1. The van der Waals surface area contributed by atoms with Crippen LogP contribution in [0.15, 0.2) is 78.1 Å². The number of amidine groups is 1. The van der Waals surface area contributed by atoms with Gasteiger partial charge in [0.2, 0.25) is 0 Å². The van der Waals surface area contributed by atoms with Crippen molar-refractivity contribution >= 4 is 34.2 Å². The second kappa shape index (κ2) is 7.68. The molecule has 4 rings (SSSR count). The summed E-state index contributed by atoms with van der Waals surface area (Å²) in [7, 11) is 0.